The van der Waals surface area contributed by atoms with Crippen LogP contribution in [0.15, 0.2) is 18.2 Å². The minimum atomic E-state index is -4.96. The first-order valence-corrected chi connectivity index (χ1v) is 4.15. The van der Waals surface area contributed by atoms with Crippen molar-refractivity contribution in [2.24, 2.45) is 0 Å². The summed E-state index contributed by atoms with van der Waals surface area (Å²) in [5.74, 6) is -2.03. The molecule has 0 unspecified atom stereocenters. The molecule has 0 aromatic heterocycles. The van der Waals surface area contributed by atoms with Gasteiger partial charge in [0.15, 0.2) is 0 Å². The van der Waals surface area contributed by atoms with Gasteiger partial charge in [0.2, 0.25) is 0 Å². The van der Waals surface area contributed by atoms with E-state index in [9.17, 15) is 18.0 Å². The summed E-state index contributed by atoms with van der Waals surface area (Å²) in [6.07, 6.45) is -4.96. The number of Topliss-reactive ketones (excluding diaryl/α,β-unsaturated/α-hetero) is 1. The first-order valence-electron chi connectivity index (χ1n) is 3.39. The first-order chi connectivity index (χ1) is 6.34. The highest BCUT2D eigenvalue weighted by Gasteiger charge is 2.41. The summed E-state index contributed by atoms with van der Waals surface area (Å²) in [7, 11) is 0. The summed E-state index contributed by atoms with van der Waals surface area (Å²) in [5, 5.41) is -0.611. The lowest BCUT2D eigenvalue weighted by Crippen LogP contribution is -2.23. The first kappa shape index (κ1) is 11.3. The monoisotopic (exact) mass is 242 g/mol. The molecular weight excluding hydrogens is 240 g/mol. The van der Waals surface area contributed by atoms with E-state index < -0.39 is 17.5 Å². The molecule has 1 rings (SSSR count). The van der Waals surface area contributed by atoms with Crippen LogP contribution in [0.5, 0.6) is 0 Å². The van der Waals surface area contributed by atoms with Crippen LogP contribution in [0.4, 0.5) is 13.2 Å². The van der Waals surface area contributed by atoms with Gasteiger partial charge < -0.3 is 0 Å². The molecular formula is C8H3Cl2F3O. The number of benzene rings is 1. The highest BCUT2D eigenvalue weighted by molar-refractivity contribution is 6.40. The van der Waals surface area contributed by atoms with Gasteiger partial charge in [-0.25, -0.2) is 0 Å². The molecule has 0 atom stereocenters. The van der Waals surface area contributed by atoms with E-state index in [0.717, 1.165) is 0 Å². The van der Waals surface area contributed by atoms with Crippen LogP contribution in [0.3, 0.4) is 0 Å². The Morgan fingerprint density at radius 3 is 1.93 bits per heavy atom. The van der Waals surface area contributed by atoms with Crippen molar-refractivity contribution in [3.63, 3.8) is 0 Å². The Balaban J connectivity index is 3.26. The molecule has 0 amide bonds. The summed E-state index contributed by atoms with van der Waals surface area (Å²) in [4.78, 5) is 10.8. The van der Waals surface area contributed by atoms with Crippen LogP contribution in [-0.4, -0.2) is 12.0 Å². The number of carbonyl (C=O) groups excluding carboxylic acids is 1. The molecule has 0 aliphatic rings. The van der Waals surface area contributed by atoms with Gasteiger partial charge in [0.25, 0.3) is 5.78 Å². The van der Waals surface area contributed by atoms with Gasteiger partial charge in [-0.05, 0) is 12.1 Å². The number of halogens is 5. The van der Waals surface area contributed by atoms with Crippen molar-refractivity contribution in [1.82, 2.24) is 0 Å². The molecule has 0 saturated carbocycles. The van der Waals surface area contributed by atoms with Crippen LogP contribution >= 0.6 is 23.2 Å². The van der Waals surface area contributed by atoms with E-state index in [0.29, 0.717) is 0 Å². The third kappa shape index (κ3) is 2.19. The number of rotatable bonds is 1. The fourth-order valence-electron chi connectivity index (χ4n) is 0.856. The second-order valence-electron chi connectivity index (χ2n) is 2.42. The number of carbonyl (C=O) groups is 1. The standard InChI is InChI=1S/C8H3Cl2F3O/c9-4-2-1-3-5(10)6(4)7(14)8(11,12)13/h1-3H. The van der Waals surface area contributed by atoms with Crippen molar-refractivity contribution < 1.29 is 18.0 Å². The molecule has 0 aliphatic carbocycles. The van der Waals surface area contributed by atoms with E-state index in [2.05, 4.69) is 0 Å². The highest BCUT2D eigenvalue weighted by atomic mass is 35.5. The second-order valence-corrected chi connectivity index (χ2v) is 3.24. The zero-order valence-corrected chi connectivity index (χ0v) is 8.04. The third-order valence-corrected chi connectivity index (χ3v) is 2.08. The third-order valence-electron chi connectivity index (χ3n) is 1.45. The van der Waals surface area contributed by atoms with E-state index in [-0.39, 0.29) is 10.0 Å². The molecule has 6 heteroatoms. The Labute approximate surface area is 87.4 Å². The molecule has 14 heavy (non-hydrogen) atoms. The molecule has 0 spiro atoms. The Morgan fingerprint density at radius 1 is 1.14 bits per heavy atom. The Morgan fingerprint density at radius 2 is 1.57 bits per heavy atom. The summed E-state index contributed by atoms with van der Waals surface area (Å²) >= 11 is 10.9. The zero-order chi connectivity index (χ0) is 10.9. The lowest BCUT2D eigenvalue weighted by atomic mass is 10.1. The molecule has 0 N–H and O–H groups in total. The van der Waals surface area contributed by atoms with Crippen molar-refractivity contribution in [3.05, 3.63) is 33.8 Å². The molecule has 0 bridgehead atoms. The van der Waals surface area contributed by atoms with Crippen LogP contribution < -0.4 is 0 Å². The fraction of sp³-hybridized carbons (Fsp3) is 0.125. The van der Waals surface area contributed by atoms with Gasteiger partial charge in [0, 0.05) is 0 Å². The van der Waals surface area contributed by atoms with Gasteiger partial charge in [-0.15, -0.1) is 0 Å². The van der Waals surface area contributed by atoms with E-state index in [1.807, 2.05) is 0 Å². The molecule has 1 aromatic rings. The number of alkyl halides is 3. The quantitative estimate of drug-likeness (QED) is 0.686. The molecule has 1 aromatic carbocycles. The van der Waals surface area contributed by atoms with E-state index in [1.165, 1.54) is 18.2 Å². The van der Waals surface area contributed by atoms with Crippen molar-refractivity contribution in [2.75, 3.05) is 0 Å². The maximum absolute atomic E-state index is 12.0. The normalized spacial score (nSPS) is 11.5. The summed E-state index contributed by atoms with van der Waals surface area (Å²) < 4.78 is 36.1. The van der Waals surface area contributed by atoms with E-state index in [4.69, 9.17) is 23.2 Å². The van der Waals surface area contributed by atoms with Crippen LogP contribution in [-0.2, 0) is 0 Å². The van der Waals surface area contributed by atoms with Crippen molar-refractivity contribution >= 4 is 29.0 Å². The molecule has 1 nitrogen and oxygen atoms in total. The Bertz CT molecular complexity index is 353. The molecule has 0 radical (unpaired) electrons. The van der Waals surface area contributed by atoms with Gasteiger partial charge >= 0.3 is 6.18 Å². The van der Waals surface area contributed by atoms with E-state index >= 15 is 0 Å². The molecule has 0 aliphatic heterocycles. The van der Waals surface area contributed by atoms with Crippen LogP contribution in [0.1, 0.15) is 10.4 Å². The van der Waals surface area contributed by atoms with Gasteiger partial charge in [-0.2, -0.15) is 13.2 Å². The number of hydrogen-bond acceptors (Lipinski definition) is 1. The summed E-state index contributed by atoms with van der Waals surface area (Å²) in [6, 6.07) is 3.70. The highest BCUT2D eigenvalue weighted by Crippen LogP contribution is 2.30. The Hall–Kier alpha value is -0.740. The predicted molar refractivity (Wildman–Crippen MR) is 46.8 cm³/mol. The Kier molecular flexibility index (Phi) is 3.07. The van der Waals surface area contributed by atoms with Crippen LogP contribution in [0, 0.1) is 0 Å². The van der Waals surface area contributed by atoms with Crippen molar-refractivity contribution in [2.45, 2.75) is 6.18 Å². The minimum Gasteiger partial charge on any atom is -0.284 e. The lowest BCUT2D eigenvalue weighted by Gasteiger charge is -2.07. The zero-order valence-electron chi connectivity index (χ0n) is 6.53. The lowest BCUT2D eigenvalue weighted by molar-refractivity contribution is -0.0885. The molecule has 0 saturated heterocycles. The summed E-state index contributed by atoms with van der Waals surface area (Å²) in [5.41, 5.74) is -0.705. The average molecular weight is 243 g/mol. The second kappa shape index (κ2) is 3.79. The number of ketones is 1. The average Bonchev–Trinajstić information content (AvgIpc) is 2.01. The number of hydrogen-bond donors (Lipinski definition) is 0. The van der Waals surface area contributed by atoms with Gasteiger partial charge in [0.05, 0.1) is 15.6 Å². The van der Waals surface area contributed by atoms with Crippen LogP contribution in [0.2, 0.25) is 10.0 Å². The topological polar surface area (TPSA) is 17.1 Å². The maximum atomic E-state index is 12.0. The maximum Gasteiger partial charge on any atom is 0.454 e. The van der Waals surface area contributed by atoms with Gasteiger partial charge in [-0.1, -0.05) is 29.3 Å². The van der Waals surface area contributed by atoms with Crippen LogP contribution in [0.25, 0.3) is 0 Å². The minimum absolute atomic E-state index is 0.306. The smallest absolute Gasteiger partial charge is 0.284 e. The SMILES string of the molecule is O=C(c1c(Cl)cccc1Cl)C(F)(F)F. The molecule has 76 valence electrons. The fourth-order valence-corrected chi connectivity index (χ4v) is 1.43. The summed E-state index contributed by atoms with van der Waals surface area (Å²) in [6.45, 7) is 0. The van der Waals surface area contributed by atoms with Crippen molar-refractivity contribution in [1.29, 1.82) is 0 Å². The van der Waals surface area contributed by atoms with Gasteiger partial charge in [-0.3, -0.25) is 4.79 Å². The molecule has 0 fully saturated rings. The predicted octanol–water partition coefficient (Wildman–Crippen LogP) is 3.74. The van der Waals surface area contributed by atoms with Crippen molar-refractivity contribution in [3.8, 4) is 0 Å². The van der Waals surface area contributed by atoms with Gasteiger partial charge in [0.1, 0.15) is 0 Å². The van der Waals surface area contributed by atoms with E-state index in [1.54, 1.807) is 0 Å². The molecule has 0 heterocycles. The largest absolute Gasteiger partial charge is 0.454 e.